The normalized spacial score (nSPS) is 11.6. The van der Waals surface area contributed by atoms with Gasteiger partial charge in [0, 0.05) is 12.7 Å². The van der Waals surface area contributed by atoms with Gasteiger partial charge in [-0.15, -0.1) is 0 Å². The molecule has 148 valence electrons. The zero-order valence-electron chi connectivity index (χ0n) is 16.4. The van der Waals surface area contributed by atoms with Crippen LogP contribution in [0.5, 0.6) is 5.75 Å². The quantitative estimate of drug-likeness (QED) is 0.390. The summed E-state index contributed by atoms with van der Waals surface area (Å²) in [5.74, 6) is 1.61. The largest absolute Gasteiger partial charge is 0.495 e. The van der Waals surface area contributed by atoms with E-state index in [-0.39, 0.29) is 0 Å². The van der Waals surface area contributed by atoms with Crippen LogP contribution in [0.25, 0.3) is 28.9 Å². The molecule has 29 heavy (non-hydrogen) atoms. The first-order valence-electron chi connectivity index (χ1n) is 9.22. The summed E-state index contributed by atoms with van der Waals surface area (Å²) in [4.78, 5) is 8.98. The number of hydrogen-bond acceptors (Lipinski definition) is 3. The second-order valence-corrected chi connectivity index (χ2v) is 7.47. The molecule has 0 bridgehead atoms. The first-order chi connectivity index (χ1) is 14.0. The van der Waals surface area contributed by atoms with Crippen LogP contribution in [-0.2, 0) is 6.54 Å². The first-order valence-corrected chi connectivity index (χ1v) is 9.98. The Kier molecular flexibility index (Phi) is 5.35. The van der Waals surface area contributed by atoms with Gasteiger partial charge in [-0.05, 0) is 49.8 Å². The van der Waals surface area contributed by atoms with Gasteiger partial charge in [-0.25, -0.2) is 9.97 Å². The summed E-state index contributed by atoms with van der Waals surface area (Å²) in [5.41, 5.74) is 4.69. The lowest BCUT2D eigenvalue weighted by atomic mass is 10.1. The fourth-order valence-corrected chi connectivity index (χ4v) is 3.65. The van der Waals surface area contributed by atoms with Gasteiger partial charge in [0.1, 0.15) is 11.6 Å². The number of halogens is 2. The van der Waals surface area contributed by atoms with Crippen molar-refractivity contribution in [2.45, 2.75) is 20.4 Å². The van der Waals surface area contributed by atoms with Crippen LogP contribution in [-0.4, -0.2) is 26.2 Å². The highest BCUT2D eigenvalue weighted by molar-refractivity contribution is 6.42. The van der Waals surface area contributed by atoms with E-state index in [9.17, 15) is 0 Å². The molecule has 4 aromatic rings. The van der Waals surface area contributed by atoms with Crippen molar-refractivity contribution in [1.29, 1.82) is 0 Å². The molecule has 7 heteroatoms. The second kappa shape index (κ2) is 7.93. The van der Waals surface area contributed by atoms with Gasteiger partial charge in [0.15, 0.2) is 0 Å². The Morgan fingerprint density at radius 2 is 1.90 bits per heavy atom. The molecule has 0 spiro atoms. The molecule has 2 aromatic heterocycles. The number of imidazole rings is 2. The van der Waals surface area contributed by atoms with E-state index in [0.29, 0.717) is 10.0 Å². The molecule has 0 aliphatic rings. The van der Waals surface area contributed by atoms with Crippen molar-refractivity contribution in [1.82, 2.24) is 19.1 Å². The van der Waals surface area contributed by atoms with Gasteiger partial charge in [0.05, 0.1) is 45.9 Å². The SMILES string of the molecule is CCn1c(C=Cc2ccc(-n3cnc(C)c3)c(OC)c2)nc2cc(Cl)c(Cl)cc21. The minimum Gasteiger partial charge on any atom is -0.495 e. The van der Waals surface area contributed by atoms with E-state index in [2.05, 4.69) is 16.5 Å². The van der Waals surface area contributed by atoms with Crippen LogP contribution in [0.15, 0.2) is 42.9 Å². The van der Waals surface area contributed by atoms with Crippen molar-refractivity contribution < 1.29 is 4.74 Å². The lowest BCUT2D eigenvalue weighted by Crippen LogP contribution is -1.97. The molecule has 0 saturated heterocycles. The highest BCUT2D eigenvalue weighted by atomic mass is 35.5. The number of rotatable bonds is 5. The summed E-state index contributed by atoms with van der Waals surface area (Å²) in [5, 5.41) is 1.03. The average molecular weight is 427 g/mol. The summed E-state index contributed by atoms with van der Waals surface area (Å²) in [6.07, 6.45) is 7.75. The topological polar surface area (TPSA) is 44.9 Å². The van der Waals surface area contributed by atoms with Crippen LogP contribution in [0.2, 0.25) is 10.0 Å². The van der Waals surface area contributed by atoms with Crippen molar-refractivity contribution in [2.24, 2.45) is 0 Å². The van der Waals surface area contributed by atoms with Crippen molar-refractivity contribution in [3.8, 4) is 11.4 Å². The molecule has 0 saturated carbocycles. The molecule has 0 radical (unpaired) electrons. The fraction of sp³-hybridized carbons (Fsp3) is 0.182. The number of hydrogen-bond donors (Lipinski definition) is 0. The van der Waals surface area contributed by atoms with E-state index >= 15 is 0 Å². The average Bonchev–Trinajstić information content (AvgIpc) is 3.29. The Hall–Kier alpha value is -2.76. The molecule has 0 fully saturated rings. The molecule has 0 N–H and O–H groups in total. The van der Waals surface area contributed by atoms with Gasteiger partial charge >= 0.3 is 0 Å². The van der Waals surface area contributed by atoms with Gasteiger partial charge in [0.2, 0.25) is 0 Å². The zero-order chi connectivity index (χ0) is 20.5. The molecule has 0 atom stereocenters. The highest BCUT2D eigenvalue weighted by Crippen LogP contribution is 2.29. The van der Waals surface area contributed by atoms with Gasteiger partial charge in [-0.2, -0.15) is 0 Å². The maximum absolute atomic E-state index is 6.19. The number of ether oxygens (including phenoxy) is 1. The van der Waals surface area contributed by atoms with E-state index in [1.165, 1.54) is 0 Å². The Labute approximate surface area is 179 Å². The standard InChI is InChI=1S/C22H20Cl2N4O/c1-4-28-20-11-17(24)16(23)10-18(20)26-22(28)8-6-15-5-7-19(21(9-15)29-3)27-12-14(2)25-13-27/h5-13H,4H2,1-3H3. The molecule has 0 unspecified atom stereocenters. The highest BCUT2D eigenvalue weighted by Gasteiger charge is 2.11. The van der Waals surface area contributed by atoms with Gasteiger partial charge < -0.3 is 13.9 Å². The van der Waals surface area contributed by atoms with Gasteiger partial charge in [-0.3, -0.25) is 0 Å². The number of benzene rings is 2. The predicted molar refractivity (Wildman–Crippen MR) is 119 cm³/mol. The van der Waals surface area contributed by atoms with Crippen molar-refractivity contribution >= 4 is 46.4 Å². The maximum atomic E-state index is 6.19. The van der Waals surface area contributed by atoms with Crippen LogP contribution in [0.4, 0.5) is 0 Å². The van der Waals surface area contributed by atoms with Crippen LogP contribution >= 0.6 is 23.2 Å². The number of aryl methyl sites for hydroxylation is 2. The van der Waals surface area contributed by atoms with Gasteiger partial charge in [0.25, 0.3) is 0 Å². The lowest BCUT2D eigenvalue weighted by molar-refractivity contribution is 0.413. The van der Waals surface area contributed by atoms with Crippen LogP contribution in [0, 0.1) is 6.92 Å². The molecular weight excluding hydrogens is 407 g/mol. The number of fused-ring (bicyclic) bond motifs is 1. The van der Waals surface area contributed by atoms with E-state index in [1.807, 2.05) is 54.1 Å². The molecule has 4 rings (SSSR count). The van der Waals surface area contributed by atoms with E-state index < -0.39 is 0 Å². The van der Waals surface area contributed by atoms with Gasteiger partial charge in [-0.1, -0.05) is 35.3 Å². The fourth-order valence-electron chi connectivity index (χ4n) is 3.33. The third-order valence-electron chi connectivity index (χ3n) is 4.75. The van der Waals surface area contributed by atoms with E-state index in [4.69, 9.17) is 32.9 Å². The third kappa shape index (κ3) is 3.76. The number of methoxy groups -OCH3 is 1. The molecule has 5 nitrogen and oxygen atoms in total. The maximum Gasteiger partial charge on any atom is 0.143 e. The minimum atomic E-state index is 0.505. The Morgan fingerprint density at radius 3 is 2.59 bits per heavy atom. The van der Waals surface area contributed by atoms with Crippen molar-refractivity contribution in [3.05, 3.63) is 70.0 Å². The first kappa shape index (κ1) is 19.6. The molecule has 2 aromatic carbocycles. The Bertz CT molecular complexity index is 1220. The molecule has 0 aliphatic carbocycles. The van der Waals surface area contributed by atoms with Crippen LogP contribution in [0.1, 0.15) is 24.0 Å². The summed E-state index contributed by atoms with van der Waals surface area (Å²) in [7, 11) is 1.67. The zero-order valence-corrected chi connectivity index (χ0v) is 17.9. The second-order valence-electron chi connectivity index (χ2n) is 6.66. The summed E-state index contributed by atoms with van der Waals surface area (Å²) in [6.45, 7) is 4.81. The summed E-state index contributed by atoms with van der Waals surface area (Å²) < 4.78 is 9.64. The summed E-state index contributed by atoms with van der Waals surface area (Å²) in [6, 6.07) is 9.71. The smallest absolute Gasteiger partial charge is 0.143 e. The Balaban J connectivity index is 1.70. The summed E-state index contributed by atoms with van der Waals surface area (Å²) >= 11 is 12.3. The number of nitrogens with zero attached hydrogens (tertiary/aromatic N) is 4. The molecule has 0 amide bonds. The molecule has 0 aliphatic heterocycles. The van der Waals surface area contributed by atoms with Crippen LogP contribution in [0.3, 0.4) is 0 Å². The van der Waals surface area contributed by atoms with Crippen LogP contribution < -0.4 is 4.74 Å². The predicted octanol–water partition coefficient (Wildman–Crippen LogP) is 6.04. The monoisotopic (exact) mass is 426 g/mol. The van der Waals surface area contributed by atoms with Crippen molar-refractivity contribution in [3.63, 3.8) is 0 Å². The minimum absolute atomic E-state index is 0.505. The lowest BCUT2D eigenvalue weighted by Gasteiger charge is -2.10. The molecular formula is C22H20Cl2N4O. The molecule has 2 heterocycles. The number of aromatic nitrogens is 4. The van der Waals surface area contributed by atoms with E-state index in [0.717, 1.165) is 46.1 Å². The Morgan fingerprint density at radius 1 is 1.10 bits per heavy atom. The van der Waals surface area contributed by atoms with E-state index in [1.54, 1.807) is 19.5 Å². The third-order valence-corrected chi connectivity index (χ3v) is 5.48. The van der Waals surface area contributed by atoms with Crippen molar-refractivity contribution in [2.75, 3.05) is 7.11 Å².